The molecule has 0 atom stereocenters. The van der Waals surface area contributed by atoms with Gasteiger partial charge in [0.05, 0.1) is 6.54 Å². The van der Waals surface area contributed by atoms with Gasteiger partial charge in [-0.05, 0) is 42.0 Å². The minimum absolute atomic E-state index is 0.141. The van der Waals surface area contributed by atoms with Crippen LogP contribution >= 0.6 is 11.6 Å². The molecule has 0 aromatic heterocycles. The van der Waals surface area contributed by atoms with Gasteiger partial charge in [-0.15, -0.1) is 0 Å². The van der Waals surface area contributed by atoms with E-state index in [9.17, 15) is 9.59 Å². The summed E-state index contributed by atoms with van der Waals surface area (Å²) in [7, 11) is 1.58. The zero-order chi connectivity index (χ0) is 18.1. The van der Waals surface area contributed by atoms with Crippen LogP contribution in [0.1, 0.15) is 15.9 Å². The molecule has 0 aliphatic carbocycles. The summed E-state index contributed by atoms with van der Waals surface area (Å²) in [5, 5.41) is 8.66. The third-order valence-corrected chi connectivity index (χ3v) is 3.62. The highest BCUT2D eigenvalue weighted by molar-refractivity contribution is 6.30. The quantitative estimate of drug-likeness (QED) is 0.663. The second-order valence-electron chi connectivity index (χ2n) is 5.19. The van der Waals surface area contributed by atoms with Crippen LogP contribution in [0.2, 0.25) is 5.02 Å². The zero-order valence-corrected chi connectivity index (χ0v) is 14.6. The van der Waals surface area contributed by atoms with Crippen LogP contribution in [-0.2, 0) is 6.54 Å². The van der Waals surface area contributed by atoms with Crippen molar-refractivity contribution in [2.45, 2.75) is 6.54 Å². The van der Waals surface area contributed by atoms with Gasteiger partial charge >= 0.3 is 6.03 Å². The number of nitrogens with one attached hydrogen (secondary N) is 3. The van der Waals surface area contributed by atoms with Gasteiger partial charge in [-0.25, -0.2) is 4.79 Å². The first-order valence-electron chi connectivity index (χ1n) is 7.79. The van der Waals surface area contributed by atoms with Crippen LogP contribution < -0.4 is 20.7 Å². The Kier molecular flexibility index (Phi) is 7.10. The number of amides is 3. The first-order valence-corrected chi connectivity index (χ1v) is 8.17. The standard InChI is InChI=1S/C18H20ClN3O3/c1-20-17(23)14-4-2-13(3-5-14)12-22-18(24)21-10-11-25-16-8-6-15(19)7-9-16/h2-9H,10-12H2,1H3,(H,20,23)(H2,21,22,24). The Hall–Kier alpha value is -2.73. The number of rotatable bonds is 7. The molecule has 0 heterocycles. The molecule has 0 spiro atoms. The van der Waals surface area contributed by atoms with E-state index in [-0.39, 0.29) is 11.9 Å². The molecule has 2 rings (SSSR count). The number of hydrogen-bond acceptors (Lipinski definition) is 3. The molecular formula is C18H20ClN3O3. The molecule has 2 aromatic rings. The van der Waals surface area contributed by atoms with Crippen LogP contribution in [0.15, 0.2) is 48.5 Å². The highest BCUT2D eigenvalue weighted by Gasteiger charge is 2.04. The Morgan fingerprint density at radius 3 is 2.32 bits per heavy atom. The van der Waals surface area contributed by atoms with Gasteiger partial charge < -0.3 is 20.7 Å². The fourth-order valence-corrected chi connectivity index (χ4v) is 2.15. The first-order chi connectivity index (χ1) is 12.1. The van der Waals surface area contributed by atoms with Crippen molar-refractivity contribution in [2.75, 3.05) is 20.2 Å². The van der Waals surface area contributed by atoms with E-state index in [1.807, 2.05) is 0 Å². The lowest BCUT2D eigenvalue weighted by Crippen LogP contribution is -2.37. The van der Waals surface area contributed by atoms with E-state index < -0.39 is 0 Å². The molecule has 0 unspecified atom stereocenters. The average Bonchev–Trinajstić information content (AvgIpc) is 2.64. The van der Waals surface area contributed by atoms with E-state index in [1.54, 1.807) is 55.6 Å². The van der Waals surface area contributed by atoms with Crippen molar-refractivity contribution in [1.29, 1.82) is 0 Å². The predicted molar refractivity (Wildman–Crippen MR) is 97.0 cm³/mol. The molecule has 7 heteroatoms. The van der Waals surface area contributed by atoms with E-state index >= 15 is 0 Å². The van der Waals surface area contributed by atoms with Gasteiger partial charge in [0.15, 0.2) is 0 Å². The molecule has 3 amide bonds. The largest absolute Gasteiger partial charge is 0.492 e. The van der Waals surface area contributed by atoms with Gasteiger partial charge in [-0.1, -0.05) is 23.7 Å². The van der Waals surface area contributed by atoms with Gasteiger partial charge in [0.25, 0.3) is 5.91 Å². The van der Waals surface area contributed by atoms with Gasteiger partial charge in [0.1, 0.15) is 12.4 Å². The van der Waals surface area contributed by atoms with Crippen molar-refractivity contribution < 1.29 is 14.3 Å². The number of benzene rings is 2. The van der Waals surface area contributed by atoms with Crippen molar-refractivity contribution in [3.63, 3.8) is 0 Å². The molecule has 2 aromatic carbocycles. The summed E-state index contributed by atoms with van der Waals surface area (Å²) in [5.74, 6) is 0.556. The number of ether oxygens (including phenoxy) is 1. The van der Waals surface area contributed by atoms with Crippen molar-refractivity contribution in [3.05, 3.63) is 64.7 Å². The molecule has 0 aliphatic heterocycles. The normalized spacial score (nSPS) is 10.0. The number of hydrogen-bond donors (Lipinski definition) is 3. The Balaban J connectivity index is 1.65. The fraction of sp³-hybridized carbons (Fsp3) is 0.222. The van der Waals surface area contributed by atoms with Gasteiger partial charge in [0, 0.05) is 24.2 Å². The molecule has 0 saturated heterocycles. The summed E-state index contributed by atoms with van der Waals surface area (Å²) in [6.45, 7) is 1.11. The van der Waals surface area contributed by atoms with Gasteiger partial charge in [0.2, 0.25) is 0 Å². The maximum Gasteiger partial charge on any atom is 0.315 e. The minimum atomic E-state index is -0.282. The maximum absolute atomic E-state index is 11.7. The Morgan fingerprint density at radius 1 is 1.00 bits per heavy atom. The molecule has 0 radical (unpaired) electrons. The molecule has 0 bridgehead atoms. The van der Waals surface area contributed by atoms with E-state index in [2.05, 4.69) is 16.0 Å². The van der Waals surface area contributed by atoms with Crippen molar-refractivity contribution in [1.82, 2.24) is 16.0 Å². The number of carbonyl (C=O) groups is 2. The molecule has 0 aliphatic rings. The highest BCUT2D eigenvalue weighted by atomic mass is 35.5. The lowest BCUT2D eigenvalue weighted by Gasteiger charge is -2.09. The molecule has 0 fully saturated rings. The van der Waals surface area contributed by atoms with E-state index in [0.29, 0.717) is 36.0 Å². The van der Waals surface area contributed by atoms with Crippen LogP contribution in [0.25, 0.3) is 0 Å². The Morgan fingerprint density at radius 2 is 1.68 bits per heavy atom. The molecule has 3 N–H and O–H groups in total. The summed E-state index contributed by atoms with van der Waals surface area (Å²) in [4.78, 5) is 23.2. The smallest absolute Gasteiger partial charge is 0.315 e. The van der Waals surface area contributed by atoms with E-state index in [4.69, 9.17) is 16.3 Å². The first kappa shape index (κ1) is 18.6. The van der Waals surface area contributed by atoms with E-state index in [0.717, 1.165) is 5.56 Å². The van der Waals surface area contributed by atoms with Gasteiger partial charge in [-0.3, -0.25) is 4.79 Å². The van der Waals surface area contributed by atoms with Crippen LogP contribution in [-0.4, -0.2) is 32.1 Å². The van der Waals surface area contributed by atoms with Crippen molar-refractivity contribution in [2.24, 2.45) is 0 Å². The van der Waals surface area contributed by atoms with Crippen molar-refractivity contribution in [3.8, 4) is 5.75 Å². The molecule has 6 nitrogen and oxygen atoms in total. The van der Waals surface area contributed by atoms with Crippen LogP contribution in [0, 0.1) is 0 Å². The fourth-order valence-electron chi connectivity index (χ4n) is 2.03. The van der Waals surface area contributed by atoms with Gasteiger partial charge in [-0.2, -0.15) is 0 Å². The third-order valence-electron chi connectivity index (χ3n) is 3.37. The molecular weight excluding hydrogens is 342 g/mol. The SMILES string of the molecule is CNC(=O)c1ccc(CNC(=O)NCCOc2ccc(Cl)cc2)cc1. The summed E-state index contributed by atoms with van der Waals surface area (Å²) < 4.78 is 5.48. The maximum atomic E-state index is 11.7. The predicted octanol–water partition coefficient (Wildman–Crippen LogP) is 2.58. The summed E-state index contributed by atoms with van der Waals surface area (Å²) in [6.07, 6.45) is 0. The lowest BCUT2D eigenvalue weighted by molar-refractivity contribution is 0.0963. The monoisotopic (exact) mass is 361 g/mol. The van der Waals surface area contributed by atoms with E-state index in [1.165, 1.54) is 0 Å². The summed E-state index contributed by atoms with van der Waals surface area (Å²) in [5.41, 5.74) is 1.48. The van der Waals surface area contributed by atoms with Crippen LogP contribution in [0.3, 0.4) is 0 Å². The molecule has 132 valence electrons. The van der Waals surface area contributed by atoms with Crippen molar-refractivity contribution >= 4 is 23.5 Å². The van der Waals surface area contributed by atoms with Crippen LogP contribution in [0.4, 0.5) is 4.79 Å². The second kappa shape index (κ2) is 9.54. The highest BCUT2D eigenvalue weighted by Crippen LogP contribution is 2.15. The number of carbonyl (C=O) groups excluding carboxylic acids is 2. The Bertz CT molecular complexity index is 703. The van der Waals surface area contributed by atoms with Crippen LogP contribution in [0.5, 0.6) is 5.75 Å². The zero-order valence-electron chi connectivity index (χ0n) is 13.8. The summed E-state index contributed by atoms with van der Waals surface area (Å²) >= 11 is 5.79. The average molecular weight is 362 g/mol. The lowest BCUT2D eigenvalue weighted by atomic mass is 10.1. The minimum Gasteiger partial charge on any atom is -0.492 e. The number of halogens is 1. The molecule has 25 heavy (non-hydrogen) atoms. The second-order valence-corrected chi connectivity index (χ2v) is 5.62. The molecule has 0 saturated carbocycles. The third kappa shape index (κ3) is 6.35. The number of urea groups is 1. The summed E-state index contributed by atoms with van der Waals surface area (Å²) in [6, 6.07) is 13.8. The topological polar surface area (TPSA) is 79.5 Å². The Labute approximate surface area is 151 Å².